The molecule has 0 radical (unpaired) electrons. The minimum atomic E-state index is -3.91. The third-order valence-corrected chi connectivity index (χ3v) is 4.94. The lowest BCUT2D eigenvalue weighted by Gasteiger charge is -2.21. The van der Waals surface area contributed by atoms with Gasteiger partial charge in [0.05, 0.1) is 0 Å². The number of fused-ring (bicyclic) bond motifs is 1. The highest BCUT2D eigenvalue weighted by atomic mass is 35.5. The molecule has 7 heteroatoms. The molecule has 0 amide bonds. The maximum Gasteiger partial charge on any atom is 0.211 e. The van der Waals surface area contributed by atoms with Gasteiger partial charge in [0.25, 0.3) is 0 Å². The molecule has 0 spiro atoms. The van der Waals surface area contributed by atoms with Crippen molar-refractivity contribution in [3.63, 3.8) is 0 Å². The summed E-state index contributed by atoms with van der Waals surface area (Å²) in [6.07, 6.45) is 0.908. The van der Waals surface area contributed by atoms with E-state index < -0.39 is 26.3 Å². The second-order valence-corrected chi connectivity index (χ2v) is 7.70. The zero-order valence-electron chi connectivity index (χ0n) is 12.5. The molecule has 1 aliphatic carbocycles. The van der Waals surface area contributed by atoms with E-state index in [0.29, 0.717) is 10.7 Å². The second-order valence-electron chi connectivity index (χ2n) is 5.31. The molecule has 0 unspecified atom stereocenters. The summed E-state index contributed by atoms with van der Waals surface area (Å²) in [5.41, 5.74) is 0.468. The number of allylic oxidation sites excluding steroid dienone is 2. The van der Waals surface area contributed by atoms with E-state index in [0.717, 1.165) is 6.26 Å². The Morgan fingerprint density at radius 3 is 1.96 bits per heavy atom. The number of ketones is 2. The predicted molar refractivity (Wildman–Crippen MR) is 92.0 cm³/mol. The third-order valence-electron chi connectivity index (χ3n) is 3.56. The number of hydrogen-bond donors (Lipinski definition) is 1. The molecule has 1 N–H and O–H groups in total. The van der Waals surface area contributed by atoms with Gasteiger partial charge in [-0.2, -0.15) is 0 Å². The Morgan fingerprint density at radius 1 is 0.875 bits per heavy atom. The topological polar surface area (TPSA) is 80.3 Å². The summed E-state index contributed by atoms with van der Waals surface area (Å²) in [7, 11) is -3.91. The minimum absolute atomic E-state index is 0.0876. The lowest BCUT2D eigenvalue weighted by molar-refractivity contribution is 0.0981. The first-order valence-electron chi connectivity index (χ1n) is 6.94. The van der Waals surface area contributed by atoms with Crippen molar-refractivity contribution in [2.45, 2.75) is 0 Å². The van der Waals surface area contributed by atoms with Crippen molar-refractivity contribution < 1.29 is 18.0 Å². The van der Waals surface area contributed by atoms with Crippen molar-refractivity contribution in [3.05, 3.63) is 75.3 Å². The standard InChI is InChI=1S/C17H12ClNO4S/c1-24(22,23)17-14(19-11-8-6-10(18)7-9-11)15(20)12-4-2-3-5-13(12)16(17)21/h2-9,19H,1H3. The van der Waals surface area contributed by atoms with E-state index in [1.807, 2.05) is 0 Å². The van der Waals surface area contributed by atoms with Gasteiger partial charge in [-0.05, 0) is 24.3 Å². The third kappa shape index (κ3) is 2.86. The first kappa shape index (κ1) is 16.4. The Kier molecular flexibility index (Phi) is 4.03. The first-order chi connectivity index (χ1) is 11.3. The molecular formula is C17H12ClNO4S. The second kappa shape index (κ2) is 5.89. The van der Waals surface area contributed by atoms with Crippen LogP contribution in [0, 0.1) is 0 Å². The molecule has 0 aromatic heterocycles. The molecule has 3 rings (SSSR count). The fourth-order valence-corrected chi connectivity index (χ4v) is 3.58. The normalized spacial score (nSPS) is 14.6. The lowest BCUT2D eigenvalue weighted by Crippen LogP contribution is -2.29. The first-order valence-corrected chi connectivity index (χ1v) is 9.21. The predicted octanol–water partition coefficient (Wildman–Crippen LogP) is 3.09. The van der Waals surface area contributed by atoms with E-state index in [4.69, 9.17) is 11.6 Å². The van der Waals surface area contributed by atoms with Crippen LogP contribution >= 0.6 is 11.6 Å². The number of anilines is 1. The van der Waals surface area contributed by atoms with Gasteiger partial charge in [-0.15, -0.1) is 0 Å². The van der Waals surface area contributed by atoms with E-state index in [2.05, 4.69) is 5.32 Å². The van der Waals surface area contributed by atoms with Gasteiger partial charge in [0.2, 0.25) is 11.6 Å². The molecule has 0 saturated heterocycles. The van der Waals surface area contributed by atoms with Gasteiger partial charge < -0.3 is 5.32 Å². The van der Waals surface area contributed by atoms with Gasteiger partial charge in [-0.1, -0.05) is 35.9 Å². The van der Waals surface area contributed by atoms with Crippen LogP contribution in [0.2, 0.25) is 5.02 Å². The lowest BCUT2D eigenvalue weighted by atomic mass is 9.92. The smallest absolute Gasteiger partial charge is 0.211 e. The molecular weight excluding hydrogens is 350 g/mol. The Bertz CT molecular complexity index is 992. The van der Waals surface area contributed by atoms with E-state index >= 15 is 0 Å². The Balaban J connectivity index is 2.19. The summed E-state index contributed by atoms with van der Waals surface area (Å²) < 4.78 is 24.2. The molecule has 0 heterocycles. The fourth-order valence-electron chi connectivity index (χ4n) is 2.50. The fraction of sp³-hybridized carbons (Fsp3) is 0.0588. The highest BCUT2D eigenvalue weighted by Gasteiger charge is 2.37. The van der Waals surface area contributed by atoms with Crippen LogP contribution in [-0.2, 0) is 9.84 Å². The Morgan fingerprint density at radius 2 is 1.42 bits per heavy atom. The van der Waals surface area contributed by atoms with Gasteiger partial charge in [-0.25, -0.2) is 8.42 Å². The highest BCUT2D eigenvalue weighted by molar-refractivity contribution is 7.95. The van der Waals surface area contributed by atoms with Gasteiger partial charge in [0.1, 0.15) is 10.6 Å². The molecule has 1 aliphatic rings. The van der Waals surface area contributed by atoms with Gasteiger partial charge in [-0.3, -0.25) is 9.59 Å². The zero-order chi connectivity index (χ0) is 17.5. The summed E-state index contributed by atoms with van der Waals surface area (Å²) in [4.78, 5) is 24.8. The van der Waals surface area contributed by atoms with Crippen LogP contribution in [-0.4, -0.2) is 26.2 Å². The van der Waals surface area contributed by atoms with Crippen molar-refractivity contribution in [2.75, 3.05) is 11.6 Å². The van der Waals surface area contributed by atoms with Crippen LogP contribution < -0.4 is 5.32 Å². The van der Waals surface area contributed by atoms with Crippen LogP contribution in [0.15, 0.2) is 59.1 Å². The molecule has 0 bridgehead atoms. The number of halogens is 1. The molecule has 0 aliphatic heterocycles. The van der Waals surface area contributed by atoms with Crippen LogP contribution in [0.5, 0.6) is 0 Å². The van der Waals surface area contributed by atoms with E-state index in [9.17, 15) is 18.0 Å². The molecule has 24 heavy (non-hydrogen) atoms. The Labute approximate surface area is 143 Å². The van der Waals surface area contributed by atoms with Gasteiger partial charge in [0.15, 0.2) is 9.84 Å². The number of nitrogens with one attached hydrogen (secondary N) is 1. The number of carbonyl (C=O) groups excluding carboxylic acids is 2. The number of Topliss-reactive ketones (excluding diaryl/α,β-unsaturated/α-hetero) is 2. The van der Waals surface area contributed by atoms with Crippen LogP contribution in [0.4, 0.5) is 5.69 Å². The van der Waals surface area contributed by atoms with Crippen LogP contribution in [0.1, 0.15) is 20.7 Å². The van der Waals surface area contributed by atoms with E-state index in [-0.39, 0.29) is 16.8 Å². The molecule has 2 aromatic carbocycles. The minimum Gasteiger partial charge on any atom is -0.351 e. The monoisotopic (exact) mass is 361 g/mol. The molecule has 0 saturated carbocycles. The van der Waals surface area contributed by atoms with Crippen molar-refractivity contribution in [2.24, 2.45) is 0 Å². The summed E-state index contributed by atoms with van der Waals surface area (Å²) in [6, 6.07) is 12.5. The van der Waals surface area contributed by atoms with Crippen molar-refractivity contribution in [1.82, 2.24) is 0 Å². The number of benzene rings is 2. The van der Waals surface area contributed by atoms with Crippen LogP contribution in [0.3, 0.4) is 0 Å². The number of sulfone groups is 1. The summed E-state index contributed by atoms with van der Waals surface area (Å²) in [6.45, 7) is 0. The van der Waals surface area contributed by atoms with Gasteiger partial charge in [0, 0.05) is 28.1 Å². The maximum absolute atomic E-state index is 12.7. The molecule has 0 atom stereocenters. The number of hydrogen-bond acceptors (Lipinski definition) is 5. The van der Waals surface area contributed by atoms with Crippen LogP contribution in [0.25, 0.3) is 0 Å². The average molecular weight is 362 g/mol. The molecule has 0 fully saturated rings. The Hall–Kier alpha value is -2.44. The number of rotatable bonds is 3. The quantitative estimate of drug-likeness (QED) is 0.908. The summed E-state index contributed by atoms with van der Waals surface area (Å²) in [5.74, 6) is -1.23. The molecule has 2 aromatic rings. The summed E-state index contributed by atoms with van der Waals surface area (Å²) in [5, 5.41) is 3.25. The van der Waals surface area contributed by atoms with Crippen molar-refractivity contribution in [3.8, 4) is 0 Å². The van der Waals surface area contributed by atoms with E-state index in [1.165, 1.54) is 12.1 Å². The summed E-state index contributed by atoms with van der Waals surface area (Å²) >= 11 is 5.82. The molecule has 122 valence electrons. The van der Waals surface area contributed by atoms with E-state index in [1.54, 1.807) is 36.4 Å². The highest BCUT2D eigenvalue weighted by Crippen LogP contribution is 2.30. The van der Waals surface area contributed by atoms with Gasteiger partial charge >= 0.3 is 0 Å². The van der Waals surface area contributed by atoms with Crippen molar-refractivity contribution >= 4 is 38.7 Å². The SMILES string of the molecule is CS(=O)(=O)C1=C(Nc2ccc(Cl)cc2)C(=O)c2ccccc2C1=O. The van der Waals surface area contributed by atoms with Crippen molar-refractivity contribution in [1.29, 1.82) is 0 Å². The average Bonchev–Trinajstić information content (AvgIpc) is 2.53. The maximum atomic E-state index is 12.7. The zero-order valence-corrected chi connectivity index (χ0v) is 14.1. The molecule has 5 nitrogen and oxygen atoms in total. The number of carbonyl (C=O) groups is 2. The largest absolute Gasteiger partial charge is 0.351 e.